The summed E-state index contributed by atoms with van der Waals surface area (Å²) >= 11 is 0. The molecule has 0 spiro atoms. The zero-order chi connectivity index (χ0) is 53.7. The van der Waals surface area contributed by atoms with Crippen molar-refractivity contribution in [3.8, 4) is 0 Å². The molecule has 2 fully saturated rings. The second-order valence-corrected chi connectivity index (χ2v) is 21.7. The van der Waals surface area contributed by atoms with Gasteiger partial charge in [-0.05, 0) is 36.7 Å². The van der Waals surface area contributed by atoms with E-state index in [1.54, 1.807) is 65.0 Å². The Morgan fingerprint density at radius 1 is 0.918 bits per heavy atom. The number of piperazine rings is 1. The molecule has 0 bridgehead atoms. The number of hydrogen-bond donors (Lipinski definition) is 3. The molecule has 2 aromatic rings. The molecule has 404 valence electrons. The van der Waals surface area contributed by atoms with E-state index in [9.17, 15) is 43.1 Å². The second-order valence-electron chi connectivity index (χ2n) is 19.9. The summed E-state index contributed by atoms with van der Waals surface area (Å²) in [5.41, 5.74) is 1.13. The Kier molecular flexibility index (Phi) is 21.3. The number of carbonyl (C=O) groups excluding carboxylic acids is 6. The van der Waals surface area contributed by atoms with Gasteiger partial charge in [0.1, 0.15) is 17.5 Å². The molecule has 3 N–H and O–H groups in total. The van der Waals surface area contributed by atoms with Gasteiger partial charge in [0.15, 0.2) is 5.96 Å². The highest BCUT2D eigenvalue weighted by Crippen LogP contribution is 2.41. The molecule has 0 radical (unpaired) electrons. The number of rotatable bonds is 24. The van der Waals surface area contributed by atoms with E-state index in [4.69, 9.17) is 14.5 Å². The van der Waals surface area contributed by atoms with E-state index >= 15 is 0 Å². The highest BCUT2D eigenvalue weighted by Gasteiger charge is 2.44. The molecule has 0 saturated carbocycles. The van der Waals surface area contributed by atoms with Gasteiger partial charge in [0.2, 0.25) is 23.6 Å². The number of ether oxygens (including phenoxy) is 2. The van der Waals surface area contributed by atoms with Gasteiger partial charge in [-0.15, -0.1) is 5.10 Å². The molecular weight excluding hydrogens is 962 g/mol. The lowest BCUT2D eigenvalue weighted by atomic mass is 9.89. The summed E-state index contributed by atoms with van der Waals surface area (Å²) in [6.07, 6.45) is 5.20. The number of nitrogens with one attached hydrogen (secondary N) is 1. The van der Waals surface area contributed by atoms with Crippen LogP contribution in [-0.2, 0) is 62.3 Å². The Balaban J connectivity index is 1.21. The Labute approximate surface area is 429 Å². The van der Waals surface area contributed by atoms with Gasteiger partial charge in [-0.3, -0.25) is 42.9 Å². The van der Waals surface area contributed by atoms with E-state index in [1.807, 2.05) is 51.6 Å². The second kappa shape index (κ2) is 26.6. The fraction of sp³-hybridized carbons (Fsp3) is 0.660. The number of likely N-dealkylation sites (N-methyl/N-ethyl adjacent to an activating group) is 1. The van der Waals surface area contributed by atoms with Crippen LogP contribution in [0.15, 0.2) is 53.7 Å². The number of nitrogens with zero attached hydrogens (tertiary/aromatic N) is 10. The number of likely N-dealkylation sites (tertiary alicyclic amines) is 1. The standard InChI is InChI=1S/C50H78N11O11P/c1-11-34(4)46(39(71-9)30-44(65)60-24-15-19-38(60)47(72-10)35(5)48(66)51-40(73(68,69)70)29-36-17-13-12-14-18-36)56(8)49(67)45(33(2)3)52-50(55(6)7)58-27-25-57(26-28-58)41(62)20-16-23-59-31-37(53-54-59)32-61-42(63)21-22-43(61)64/h12-14,17-18,21-22,31,33-35,38-40,45-47H,11,15-16,19-20,23-30,32H2,1-10H3,(H,51,66)(H2,68,69,70)/b52-50+/t34?,35?,38-,39?,40?,45?,46?,47?/m0/s1. The normalized spacial score (nSPS) is 19.5. The molecule has 7 unspecified atom stereocenters. The first-order valence-electron chi connectivity index (χ1n) is 25.3. The van der Waals surface area contributed by atoms with Gasteiger partial charge in [-0.25, -0.2) is 4.99 Å². The Morgan fingerprint density at radius 2 is 1.56 bits per heavy atom. The van der Waals surface area contributed by atoms with Crippen molar-refractivity contribution >= 4 is 49.0 Å². The first kappa shape index (κ1) is 58.4. The zero-order valence-electron chi connectivity index (χ0n) is 44.2. The van der Waals surface area contributed by atoms with Crippen molar-refractivity contribution in [2.75, 3.05) is 68.1 Å². The number of guanidine groups is 1. The van der Waals surface area contributed by atoms with Gasteiger partial charge in [0.05, 0.1) is 49.4 Å². The summed E-state index contributed by atoms with van der Waals surface area (Å²) in [4.78, 5) is 116. The number of amides is 6. The third kappa shape index (κ3) is 15.3. The molecule has 6 amide bonds. The maximum Gasteiger partial charge on any atom is 0.347 e. The molecule has 8 atom stereocenters. The number of carbonyl (C=O) groups is 6. The molecule has 73 heavy (non-hydrogen) atoms. The summed E-state index contributed by atoms with van der Waals surface area (Å²) in [7, 11) is 3.74. The summed E-state index contributed by atoms with van der Waals surface area (Å²) in [6.45, 7) is 12.4. The van der Waals surface area contributed by atoms with Crippen LogP contribution in [0.3, 0.4) is 0 Å². The Morgan fingerprint density at radius 3 is 2.14 bits per heavy atom. The molecule has 1 aromatic carbocycles. The zero-order valence-corrected chi connectivity index (χ0v) is 45.1. The maximum atomic E-state index is 14.8. The van der Waals surface area contributed by atoms with Crippen LogP contribution in [0.4, 0.5) is 0 Å². The minimum atomic E-state index is -4.75. The Hall–Kier alpha value is -5.54. The lowest BCUT2D eigenvalue weighted by Crippen LogP contribution is -2.56. The monoisotopic (exact) mass is 1040 g/mol. The lowest BCUT2D eigenvalue weighted by molar-refractivity contribution is -0.146. The van der Waals surface area contributed by atoms with Gasteiger partial charge in [-0.2, -0.15) is 0 Å². The van der Waals surface area contributed by atoms with Crippen molar-refractivity contribution in [1.82, 2.24) is 49.7 Å². The molecular formula is C50H78N11O11P. The van der Waals surface area contributed by atoms with Crippen molar-refractivity contribution in [3.05, 3.63) is 59.9 Å². The first-order chi connectivity index (χ1) is 34.6. The van der Waals surface area contributed by atoms with Gasteiger partial charge in [0.25, 0.3) is 11.8 Å². The van der Waals surface area contributed by atoms with E-state index < -0.39 is 67.4 Å². The van der Waals surface area contributed by atoms with Crippen molar-refractivity contribution < 1.29 is 52.6 Å². The third-order valence-electron chi connectivity index (χ3n) is 14.3. The SMILES string of the molecule is CCC(C)C(C(CC(=O)N1CCC[C@H]1C(OC)C(C)C(=O)NC(Cc1ccccc1)P(=O)(O)O)OC)N(C)C(=O)C(/N=C(\N(C)C)N1CCN(C(=O)CCCn2cc(CN3C(=O)C=CC3=O)nn2)CC1)C(C)C. The average Bonchev–Trinajstić information content (AvgIpc) is 4.11. The van der Waals surface area contributed by atoms with Gasteiger partial charge >= 0.3 is 7.60 Å². The van der Waals surface area contributed by atoms with E-state index in [0.29, 0.717) is 88.6 Å². The largest absolute Gasteiger partial charge is 0.379 e. The van der Waals surface area contributed by atoms with E-state index in [1.165, 1.54) is 26.4 Å². The van der Waals surface area contributed by atoms with Crippen LogP contribution >= 0.6 is 7.60 Å². The predicted molar refractivity (Wildman–Crippen MR) is 272 cm³/mol. The van der Waals surface area contributed by atoms with Crippen molar-refractivity contribution in [2.24, 2.45) is 22.7 Å². The molecule has 23 heteroatoms. The minimum absolute atomic E-state index is 0.00594. The molecule has 5 rings (SSSR count). The molecule has 1 aromatic heterocycles. The van der Waals surface area contributed by atoms with Crippen LogP contribution in [0.2, 0.25) is 0 Å². The van der Waals surface area contributed by atoms with Crippen LogP contribution in [-0.4, -0.2) is 200 Å². The quantitative estimate of drug-likeness (QED) is 0.0591. The first-order valence-corrected chi connectivity index (χ1v) is 27.0. The Bertz CT molecular complexity index is 2300. The number of aromatic nitrogens is 3. The fourth-order valence-corrected chi connectivity index (χ4v) is 10.7. The van der Waals surface area contributed by atoms with Gasteiger partial charge in [-0.1, -0.05) is 76.6 Å². The van der Waals surface area contributed by atoms with Crippen molar-refractivity contribution in [3.63, 3.8) is 0 Å². The smallest absolute Gasteiger partial charge is 0.347 e. The van der Waals surface area contributed by atoms with E-state index in [2.05, 4.69) is 20.5 Å². The van der Waals surface area contributed by atoms with Crippen LogP contribution in [0.5, 0.6) is 0 Å². The third-order valence-corrected chi connectivity index (χ3v) is 15.4. The summed E-state index contributed by atoms with van der Waals surface area (Å²) in [5, 5.41) is 10.7. The van der Waals surface area contributed by atoms with E-state index in [0.717, 1.165) is 4.90 Å². The minimum Gasteiger partial charge on any atom is -0.379 e. The van der Waals surface area contributed by atoms with Crippen LogP contribution in [0.1, 0.15) is 84.4 Å². The van der Waals surface area contributed by atoms with Crippen molar-refractivity contribution in [1.29, 1.82) is 0 Å². The number of aryl methyl sites for hydroxylation is 1. The van der Waals surface area contributed by atoms with Crippen LogP contribution in [0, 0.1) is 17.8 Å². The summed E-state index contributed by atoms with van der Waals surface area (Å²) < 4.78 is 26.1. The molecule has 0 aliphatic carbocycles. The summed E-state index contributed by atoms with van der Waals surface area (Å²) in [6, 6.07) is 6.96. The highest BCUT2D eigenvalue weighted by atomic mass is 31.2. The number of benzene rings is 1. The molecule has 22 nitrogen and oxygen atoms in total. The lowest BCUT2D eigenvalue weighted by Gasteiger charge is -2.41. The average molecular weight is 1040 g/mol. The predicted octanol–water partition coefficient (Wildman–Crippen LogP) is 2.35. The molecule has 4 heterocycles. The maximum absolute atomic E-state index is 14.8. The number of hydrogen-bond acceptors (Lipinski definition) is 12. The number of imide groups is 1. The van der Waals surface area contributed by atoms with Gasteiger partial charge < -0.3 is 49.1 Å². The van der Waals surface area contributed by atoms with Crippen molar-refractivity contribution in [2.45, 2.75) is 129 Å². The molecule has 3 aliphatic heterocycles. The highest BCUT2D eigenvalue weighted by molar-refractivity contribution is 7.52. The molecule has 2 saturated heterocycles. The number of aliphatic imine (C=N–C) groups is 1. The van der Waals surface area contributed by atoms with Crippen LogP contribution in [0.25, 0.3) is 0 Å². The topological polar surface area (TPSA) is 253 Å². The number of methoxy groups -OCH3 is 2. The fourth-order valence-electron chi connectivity index (χ4n) is 9.97. The molecule has 3 aliphatic rings. The van der Waals surface area contributed by atoms with E-state index in [-0.39, 0.29) is 48.9 Å². The van der Waals surface area contributed by atoms with Gasteiger partial charge in [0, 0.05) is 99.6 Å². The van der Waals surface area contributed by atoms with Crippen LogP contribution < -0.4 is 5.32 Å². The summed E-state index contributed by atoms with van der Waals surface area (Å²) in [5.74, 6) is -3.84.